The van der Waals surface area contributed by atoms with E-state index in [4.69, 9.17) is 0 Å². The largest absolute Gasteiger partial charge is 0.417 e. The second-order valence-electron chi connectivity index (χ2n) is 6.75. The molecular weight excluding hydrogens is 355 g/mol. The average molecular weight is 377 g/mol. The van der Waals surface area contributed by atoms with Crippen molar-refractivity contribution in [2.24, 2.45) is 7.05 Å². The van der Waals surface area contributed by atoms with Gasteiger partial charge in [-0.3, -0.25) is 9.36 Å². The molecule has 0 fully saturated rings. The molecule has 3 aromatic rings. The minimum absolute atomic E-state index is 0.00442. The Bertz CT molecular complexity index is 1040. The maximum Gasteiger partial charge on any atom is 0.417 e. The Morgan fingerprint density at radius 2 is 1.78 bits per heavy atom. The zero-order valence-electron chi connectivity index (χ0n) is 15.8. The van der Waals surface area contributed by atoms with Crippen molar-refractivity contribution in [3.63, 3.8) is 0 Å². The summed E-state index contributed by atoms with van der Waals surface area (Å²) in [7, 11) is 1.47. The van der Waals surface area contributed by atoms with E-state index in [0.717, 1.165) is 30.2 Å². The van der Waals surface area contributed by atoms with Crippen LogP contribution in [0.3, 0.4) is 0 Å². The van der Waals surface area contributed by atoms with Gasteiger partial charge in [0, 0.05) is 18.3 Å². The van der Waals surface area contributed by atoms with Gasteiger partial charge in [-0.25, -0.2) is 4.52 Å². The highest BCUT2D eigenvalue weighted by atomic mass is 19.4. The Kier molecular flexibility index (Phi) is 4.88. The smallest absolute Gasteiger partial charge is 0.293 e. The van der Waals surface area contributed by atoms with Crippen molar-refractivity contribution in [1.29, 1.82) is 0 Å². The van der Waals surface area contributed by atoms with Crippen molar-refractivity contribution in [3.8, 4) is 11.4 Å². The Labute approximate surface area is 155 Å². The van der Waals surface area contributed by atoms with Crippen molar-refractivity contribution < 1.29 is 13.2 Å². The first-order valence-electron chi connectivity index (χ1n) is 8.96. The van der Waals surface area contributed by atoms with E-state index >= 15 is 0 Å². The molecule has 144 valence electrons. The van der Waals surface area contributed by atoms with Gasteiger partial charge in [-0.2, -0.15) is 13.2 Å². The lowest BCUT2D eigenvalue weighted by atomic mass is 9.95. The molecule has 0 spiro atoms. The molecule has 3 rings (SSSR count). The maximum atomic E-state index is 13.4. The molecule has 0 aliphatic rings. The van der Waals surface area contributed by atoms with E-state index in [9.17, 15) is 18.0 Å². The molecule has 2 heterocycles. The number of fused-ring (bicyclic) bond motifs is 1. The lowest BCUT2D eigenvalue weighted by Gasteiger charge is -2.16. The van der Waals surface area contributed by atoms with E-state index in [1.54, 1.807) is 0 Å². The van der Waals surface area contributed by atoms with Gasteiger partial charge in [-0.1, -0.05) is 32.0 Å². The van der Waals surface area contributed by atoms with Gasteiger partial charge in [0.25, 0.3) is 5.56 Å². The van der Waals surface area contributed by atoms with Crippen molar-refractivity contribution in [2.45, 2.75) is 45.7 Å². The monoisotopic (exact) mass is 377 g/mol. The van der Waals surface area contributed by atoms with Crippen LogP contribution in [0.5, 0.6) is 0 Å². The van der Waals surface area contributed by atoms with Crippen molar-refractivity contribution in [1.82, 2.24) is 14.2 Å². The quantitative estimate of drug-likeness (QED) is 0.647. The second-order valence-corrected chi connectivity index (χ2v) is 6.75. The molecule has 1 aromatic carbocycles. The van der Waals surface area contributed by atoms with E-state index in [1.807, 2.05) is 13.0 Å². The molecule has 0 atom stereocenters. The number of hydrogen-bond donors (Lipinski definition) is 0. The topological polar surface area (TPSA) is 39.3 Å². The summed E-state index contributed by atoms with van der Waals surface area (Å²) in [6.45, 7) is 5.92. The first-order chi connectivity index (χ1) is 12.7. The van der Waals surface area contributed by atoms with Gasteiger partial charge in [0.2, 0.25) is 0 Å². The number of rotatable bonds is 4. The molecule has 0 saturated carbocycles. The van der Waals surface area contributed by atoms with Gasteiger partial charge in [0.1, 0.15) is 5.52 Å². The summed E-state index contributed by atoms with van der Waals surface area (Å²) < 4.78 is 43.0. The summed E-state index contributed by atoms with van der Waals surface area (Å²) in [6, 6.07) is 7.11. The predicted molar refractivity (Wildman–Crippen MR) is 98.9 cm³/mol. The highest BCUT2D eigenvalue weighted by molar-refractivity contribution is 5.64. The van der Waals surface area contributed by atoms with Gasteiger partial charge in [0.05, 0.1) is 5.56 Å². The van der Waals surface area contributed by atoms with Crippen LogP contribution in [0.25, 0.3) is 16.9 Å². The van der Waals surface area contributed by atoms with Gasteiger partial charge in [-0.05, 0) is 43.4 Å². The molecule has 4 nitrogen and oxygen atoms in total. The summed E-state index contributed by atoms with van der Waals surface area (Å²) in [4.78, 5) is 13.1. The van der Waals surface area contributed by atoms with Gasteiger partial charge >= 0.3 is 6.18 Å². The fourth-order valence-electron chi connectivity index (χ4n) is 3.61. The highest BCUT2D eigenvalue weighted by Gasteiger charge is 2.34. The summed E-state index contributed by atoms with van der Waals surface area (Å²) in [5, 5.41) is 4.43. The molecule has 0 saturated heterocycles. The van der Waals surface area contributed by atoms with Gasteiger partial charge in [-0.15, -0.1) is 5.10 Å². The van der Waals surface area contributed by atoms with Crippen LogP contribution in [0.1, 0.15) is 49.4 Å². The number of hydrogen-bond acceptors (Lipinski definition) is 2. The molecule has 0 aliphatic heterocycles. The Morgan fingerprint density at radius 3 is 2.37 bits per heavy atom. The molecule has 0 amide bonds. The van der Waals surface area contributed by atoms with E-state index in [0.29, 0.717) is 5.52 Å². The van der Waals surface area contributed by atoms with E-state index in [-0.39, 0.29) is 22.9 Å². The summed E-state index contributed by atoms with van der Waals surface area (Å²) in [5.41, 5.74) is 0.820. The molecule has 27 heavy (non-hydrogen) atoms. The van der Waals surface area contributed by atoms with Crippen molar-refractivity contribution in [3.05, 3.63) is 57.5 Å². The summed E-state index contributed by atoms with van der Waals surface area (Å²) in [6.07, 6.45) is -2.79. The fraction of sp³-hybridized carbons (Fsp3) is 0.400. The number of aromatic nitrogens is 3. The molecule has 7 heteroatoms. The molecule has 0 unspecified atom stereocenters. The summed E-state index contributed by atoms with van der Waals surface area (Å²) >= 11 is 0. The zero-order chi connectivity index (χ0) is 19.9. The third kappa shape index (κ3) is 3.15. The van der Waals surface area contributed by atoms with Crippen molar-refractivity contribution in [2.75, 3.05) is 0 Å². The number of benzene rings is 1. The van der Waals surface area contributed by atoms with Crippen LogP contribution in [0.15, 0.2) is 35.1 Å². The molecule has 2 aromatic heterocycles. The first-order valence-corrected chi connectivity index (χ1v) is 8.96. The van der Waals surface area contributed by atoms with Gasteiger partial charge < -0.3 is 0 Å². The Balaban J connectivity index is 2.36. The Hall–Kier alpha value is -2.57. The van der Waals surface area contributed by atoms with Crippen LogP contribution in [-0.2, 0) is 13.2 Å². The molecule has 0 radical (unpaired) electrons. The molecule has 0 aliphatic carbocycles. The summed E-state index contributed by atoms with van der Waals surface area (Å²) in [5.74, 6) is 0.201. The highest BCUT2D eigenvalue weighted by Crippen LogP contribution is 2.36. The van der Waals surface area contributed by atoms with E-state index < -0.39 is 11.7 Å². The van der Waals surface area contributed by atoms with Crippen molar-refractivity contribution >= 4 is 5.52 Å². The van der Waals surface area contributed by atoms with Crippen LogP contribution in [0.2, 0.25) is 0 Å². The third-order valence-corrected chi connectivity index (χ3v) is 5.10. The number of nitrogens with zero attached hydrogens (tertiary/aromatic N) is 3. The number of alkyl halides is 3. The lowest BCUT2D eigenvalue weighted by Crippen LogP contribution is -2.25. The lowest BCUT2D eigenvalue weighted by molar-refractivity contribution is -0.137. The Morgan fingerprint density at radius 1 is 1.15 bits per heavy atom. The van der Waals surface area contributed by atoms with Crippen LogP contribution in [-0.4, -0.2) is 14.2 Å². The average Bonchev–Trinajstić information content (AvgIpc) is 2.95. The fourth-order valence-corrected chi connectivity index (χ4v) is 3.61. The van der Waals surface area contributed by atoms with Crippen LogP contribution in [0, 0.1) is 6.92 Å². The van der Waals surface area contributed by atoms with Crippen LogP contribution < -0.4 is 5.56 Å². The SMILES string of the molecule is CCC(CC)c1cc(C)n2nc(-c3ccccc3C(F)(F)F)n(C)c(=O)c12. The van der Waals surface area contributed by atoms with E-state index in [1.165, 1.54) is 34.3 Å². The minimum atomic E-state index is -4.53. The molecule has 0 N–H and O–H groups in total. The maximum absolute atomic E-state index is 13.4. The number of halogens is 3. The minimum Gasteiger partial charge on any atom is -0.293 e. The van der Waals surface area contributed by atoms with Crippen LogP contribution in [0.4, 0.5) is 13.2 Å². The van der Waals surface area contributed by atoms with Gasteiger partial charge in [0.15, 0.2) is 5.82 Å². The van der Waals surface area contributed by atoms with Crippen LogP contribution >= 0.6 is 0 Å². The predicted octanol–water partition coefficient (Wildman–Crippen LogP) is 4.93. The normalized spacial score (nSPS) is 12.3. The standard InChI is InChI=1S/C20H22F3N3O/c1-5-13(6-2)15-11-12(3)26-17(15)19(27)25(4)18(24-26)14-9-7-8-10-16(14)20(21,22)23/h7-11,13H,5-6H2,1-4H3. The van der Waals surface area contributed by atoms with E-state index in [2.05, 4.69) is 18.9 Å². The molecule has 0 bridgehead atoms. The zero-order valence-corrected chi connectivity index (χ0v) is 15.8. The first kappa shape index (κ1) is 19.2. The third-order valence-electron chi connectivity index (χ3n) is 5.10. The second kappa shape index (κ2) is 6.87. The molecular formula is C20H22F3N3O. The number of aryl methyl sites for hydroxylation is 1.